The van der Waals surface area contributed by atoms with Gasteiger partial charge < -0.3 is 15.6 Å². The maximum atomic E-state index is 12.1. The highest BCUT2D eigenvalue weighted by Gasteiger charge is 2.14. The number of anilines is 1. The zero-order valence-electron chi connectivity index (χ0n) is 16.6. The monoisotopic (exact) mass is 387 g/mol. The Morgan fingerprint density at radius 1 is 1.00 bits per heavy atom. The van der Waals surface area contributed by atoms with Gasteiger partial charge in [0.05, 0.1) is 11.0 Å². The SMILES string of the molecule is Cc1nc2c(N)nc3ccccc3c2n1CCCCCNC(=O)c1ccccc1. The maximum absolute atomic E-state index is 12.1. The van der Waals surface area contributed by atoms with E-state index in [1.54, 1.807) is 0 Å². The highest BCUT2D eigenvalue weighted by atomic mass is 16.1. The Hall–Kier alpha value is -3.41. The highest BCUT2D eigenvalue weighted by Crippen LogP contribution is 2.28. The molecule has 2 aromatic carbocycles. The summed E-state index contributed by atoms with van der Waals surface area (Å²) in [5.74, 6) is 1.41. The van der Waals surface area contributed by atoms with Gasteiger partial charge in [-0.25, -0.2) is 9.97 Å². The van der Waals surface area contributed by atoms with Crippen molar-refractivity contribution in [2.45, 2.75) is 32.7 Å². The van der Waals surface area contributed by atoms with E-state index in [0.717, 1.165) is 53.6 Å². The molecule has 2 aromatic heterocycles. The van der Waals surface area contributed by atoms with Crippen molar-refractivity contribution in [3.63, 3.8) is 0 Å². The van der Waals surface area contributed by atoms with Crippen LogP contribution in [-0.4, -0.2) is 27.0 Å². The summed E-state index contributed by atoms with van der Waals surface area (Å²) in [7, 11) is 0. The summed E-state index contributed by atoms with van der Waals surface area (Å²) in [6.07, 6.45) is 2.96. The molecular formula is C23H25N5O. The number of carbonyl (C=O) groups is 1. The number of benzene rings is 2. The average Bonchev–Trinajstić information content (AvgIpc) is 3.08. The molecule has 4 aromatic rings. The number of carbonyl (C=O) groups excluding carboxylic acids is 1. The van der Waals surface area contributed by atoms with Crippen LogP contribution in [-0.2, 0) is 6.54 Å². The molecule has 0 fully saturated rings. The number of nitrogen functional groups attached to an aromatic ring is 1. The molecule has 0 radical (unpaired) electrons. The third-order valence-corrected chi connectivity index (χ3v) is 5.18. The number of imidazole rings is 1. The second-order valence-corrected chi connectivity index (χ2v) is 7.20. The molecule has 0 spiro atoms. The molecule has 0 aliphatic rings. The standard InChI is InChI=1S/C23H25N5O/c1-16-26-20-21(18-12-6-7-13-19(18)27-22(20)24)28(16)15-9-3-8-14-25-23(29)17-10-4-2-5-11-17/h2,4-7,10-13H,3,8-9,14-15H2,1H3,(H2,24,27)(H,25,29). The van der Waals surface area contributed by atoms with Crippen molar-refractivity contribution in [3.05, 3.63) is 66.0 Å². The van der Waals surface area contributed by atoms with Crippen LogP contribution in [0.3, 0.4) is 0 Å². The largest absolute Gasteiger partial charge is 0.382 e. The molecule has 148 valence electrons. The van der Waals surface area contributed by atoms with E-state index in [9.17, 15) is 4.79 Å². The van der Waals surface area contributed by atoms with Crippen LogP contribution < -0.4 is 11.1 Å². The molecule has 0 aliphatic heterocycles. The van der Waals surface area contributed by atoms with Gasteiger partial charge in [0, 0.05) is 24.0 Å². The van der Waals surface area contributed by atoms with Gasteiger partial charge in [-0.2, -0.15) is 0 Å². The van der Waals surface area contributed by atoms with Crippen molar-refractivity contribution in [2.24, 2.45) is 0 Å². The van der Waals surface area contributed by atoms with Crippen molar-refractivity contribution in [3.8, 4) is 0 Å². The number of nitrogens with zero attached hydrogens (tertiary/aromatic N) is 3. The van der Waals surface area contributed by atoms with Crippen molar-refractivity contribution < 1.29 is 4.79 Å². The fourth-order valence-electron chi connectivity index (χ4n) is 3.71. The van der Waals surface area contributed by atoms with Gasteiger partial charge in [0.25, 0.3) is 5.91 Å². The van der Waals surface area contributed by atoms with Crippen LogP contribution in [0.15, 0.2) is 54.6 Å². The smallest absolute Gasteiger partial charge is 0.251 e. The van der Waals surface area contributed by atoms with E-state index in [1.807, 2.05) is 55.5 Å². The summed E-state index contributed by atoms with van der Waals surface area (Å²) in [6.45, 7) is 3.55. The number of pyridine rings is 1. The van der Waals surface area contributed by atoms with Crippen LogP contribution in [0.2, 0.25) is 0 Å². The Kier molecular flexibility index (Phi) is 5.42. The van der Waals surface area contributed by atoms with Crippen molar-refractivity contribution in [1.29, 1.82) is 0 Å². The number of fused-ring (bicyclic) bond motifs is 3. The van der Waals surface area contributed by atoms with Crippen molar-refractivity contribution in [1.82, 2.24) is 19.9 Å². The predicted molar refractivity (Wildman–Crippen MR) is 117 cm³/mol. The molecule has 6 nitrogen and oxygen atoms in total. The lowest BCUT2D eigenvalue weighted by molar-refractivity contribution is 0.0953. The van der Waals surface area contributed by atoms with Crippen LogP contribution in [0, 0.1) is 6.92 Å². The quantitative estimate of drug-likeness (QED) is 0.468. The normalized spacial score (nSPS) is 11.2. The van der Waals surface area contributed by atoms with Crippen molar-refractivity contribution >= 4 is 33.7 Å². The molecule has 0 saturated heterocycles. The minimum Gasteiger partial charge on any atom is -0.382 e. The fraction of sp³-hybridized carbons (Fsp3) is 0.261. The minimum absolute atomic E-state index is 0.0171. The van der Waals surface area contributed by atoms with Crippen LogP contribution in [0.1, 0.15) is 35.4 Å². The Balaban J connectivity index is 1.38. The number of aryl methyl sites for hydroxylation is 2. The van der Waals surface area contributed by atoms with Crippen LogP contribution in [0.4, 0.5) is 5.82 Å². The molecule has 4 rings (SSSR count). The number of unbranched alkanes of at least 4 members (excludes halogenated alkanes) is 2. The van der Waals surface area contributed by atoms with Gasteiger partial charge in [-0.15, -0.1) is 0 Å². The molecule has 0 atom stereocenters. The first kappa shape index (κ1) is 18.9. The van der Waals surface area contributed by atoms with Crippen LogP contribution >= 0.6 is 0 Å². The zero-order valence-corrected chi connectivity index (χ0v) is 16.6. The Labute approximate surface area is 169 Å². The van der Waals surface area contributed by atoms with E-state index in [-0.39, 0.29) is 5.91 Å². The Morgan fingerprint density at radius 3 is 2.59 bits per heavy atom. The first-order valence-corrected chi connectivity index (χ1v) is 9.99. The van der Waals surface area contributed by atoms with E-state index < -0.39 is 0 Å². The number of para-hydroxylation sites is 1. The van der Waals surface area contributed by atoms with Crippen LogP contribution in [0.25, 0.3) is 21.9 Å². The predicted octanol–water partition coefficient (Wildman–Crippen LogP) is 4.08. The third kappa shape index (κ3) is 3.92. The van der Waals surface area contributed by atoms with E-state index in [0.29, 0.717) is 17.9 Å². The second-order valence-electron chi connectivity index (χ2n) is 7.20. The topological polar surface area (TPSA) is 85.8 Å². The highest BCUT2D eigenvalue weighted by molar-refractivity contribution is 6.06. The van der Waals surface area contributed by atoms with Gasteiger partial charge in [-0.05, 0) is 44.4 Å². The molecule has 3 N–H and O–H groups in total. The molecule has 1 amide bonds. The van der Waals surface area contributed by atoms with Gasteiger partial charge in [-0.3, -0.25) is 4.79 Å². The van der Waals surface area contributed by atoms with Gasteiger partial charge in [0.1, 0.15) is 11.3 Å². The van der Waals surface area contributed by atoms with Gasteiger partial charge >= 0.3 is 0 Å². The molecule has 29 heavy (non-hydrogen) atoms. The number of amides is 1. The third-order valence-electron chi connectivity index (χ3n) is 5.18. The van der Waals surface area contributed by atoms with E-state index in [1.165, 1.54) is 0 Å². The van der Waals surface area contributed by atoms with E-state index in [2.05, 4.69) is 25.9 Å². The fourth-order valence-corrected chi connectivity index (χ4v) is 3.71. The summed E-state index contributed by atoms with van der Waals surface area (Å²) in [4.78, 5) is 21.2. The molecule has 2 heterocycles. The first-order valence-electron chi connectivity index (χ1n) is 9.99. The molecular weight excluding hydrogens is 362 g/mol. The number of hydrogen-bond donors (Lipinski definition) is 2. The molecule has 0 unspecified atom stereocenters. The second kappa shape index (κ2) is 8.31. The molecule has 0 saturated carbocycles. The lowest BCUT2D eigenvalue weighted by atomic mass is 10.1. The lowest BCUT2D eigenvalue weighted by Gasteiger charge is -2.10. The summed E-state index contributed by atoms with van der Waals surface area (Å²) in [5, 5.41) is 4.06. The number of nitrogens with one attached hydrogen (secondary N) is 1. The average molecular weight is 387 g/mol. The van der Waals surface area contributed by atoms with Crippen molar-refractivity contribution in [2.75, 3.05) is 12.3 Å². The number of rotatable bonds is 7. The molecule has 0 bridgehead atoms. The van der Waals surface area contributed by atoms with Gasteiger partial charge in [0.2, 0.25) is 0 Å². The van der Waals surface area contributed by atoms with E-state index in [4.69, 9.17) is 5.73 Å². The van der Waals surface area contributed by atoms with Gasteiger partial charge in [-0.1, -0.05) is 36.4 Å². The minimum atomic E-state index is -0.0171. The Bertz CT molecular complexity index is 1150. The number of nitrogens with two attached hydrogens (primary N) is 1. The van der Waals surface area contributed by atoms with Gasteiger partial charge in [0.15, 0.2) is 5.82 Å². The maximum Gasteiger partial charge on any atom is 0.251 e. The number of hydrogen-bond acceptors (Lipinski definition) is 4. The summed E-state index contributed by atoms with van der Waals surface area (Å²) in [6, 6.07) is 17.3. The summed E-state index contributed by atoms with van der Waals surface area (Å²) < 4.78 is 2.23. The lowest BCUT2D eigenvalue weighted by Crippen LogP contribution is -2.24. The van der Waals surface area contributed by atoms with E-state index >= 15 is 0 Å². The molecule has 6 heteroatoms. The molecule has 0 aliphatic carbocycles. The Morgan fingerprint density at radius 2 is 1.76 bits per heavy atom. The summed E-state index contributed by atoms with van der Waals surface area (Å²) in [5.41, 5.74) is 9.57. The van der Waals surface area contributed by atoms with Crippen LogP contribution in [0.5, 0.6) is 0 Å². The number of aromatic nitrogens is 3. The first-order chi connectivity index (χ1) is 14.1. The summed E-state index contributed by atoms with van der Waals surface area (Å²) >= 11 is 0. The zero-order chi connectivity index (χ0) is 20.2.